The molecule has 2 aromatic rings. The number of benzene rings is 2. The van der Waals surface area contributed by atoms with Crippen LogP contribution in [-0.2, 0) is 11.3 Å². The zero-order valence-electron chi connectivity index (χ0n) is 11.4. The molecule has 0 spiro atoms. The predicted molar refractivity (Wildman–Crippen MR) is 76.4 cm³/mol. The Kier molecular flexibility index (Phi) is 5.00. The maximum Gasteiger partial charge on any atom is 0.229 e. The Morgan fingerprint density at radius 3 is 2.43 bits per heavy atom. The maximum absolute atomic E-state index is 13.1. The molecule has 1 amide bonds. The van der Waals surface area contributed by atoms with Crippen LogP contribution < -0.4 is 11.1 Å². The topological polar surface area (TPSA) is 55.1 Å². The third-order valence-electron chi connectivity index (χ3n) is 3.20. The summed E-state index contributed by atoms with van der Waals surface area (Å²) < 4.78 is 25.9. The van der Waals surface area contributed by atoms with Crippen LogP contribution in [0.3, 0.4) is 0 Å². The van der Waals surface area contributed by atoms with Gasteiger partial charge in [-0.1, -0.05) is 36.4 Å². The largest absolute Gasteiger partial charge is 0.351 e. The second kappa shape index (κ2) is 6.95. The molecular formula is C16H16F2N2O. The van der Waals surface area contributed by atoms with Crippen molar-refractivity contribution in [2.75, 3.05) is 6.54 Å². The number of carbonyl (C=O) groups excluding carboxylic acids is 1. The summed E-state index contributed by atoms with van der Waals surface area (Å²) in [5.74, 6) is -2.54. The van der Waals surface area contributed by atoms with E-state index in [4.69, 9.17) is 5.73 Å². The van der Waals surface area contributed by atoms with Crippen molar-refractivity contribution in [3.8, 4) is 0 Å². The minimum atomic E-state index is -0.930. The van der Waals surface area contributed by atoms with E-state index < -0.39 is 17.6 Å². The molecule has 0 bridgehead atoms. The normalized spacial score (nSPS) is 12.0. The van der Waals surface area contributed by atoms with Crippen LogP contribution in [0.5, 0.6) is 0 Å². The monoisotopic (exact) mass is 290 g/mol. The molecule has 2 aromatic carbocycles. The lowest BCUT2D eigenvalue weighted by Gasteiger charge is -2.15. The first kappa shape index (κ1) is 15.1. The van der Waals surface area contributed by atoms with E-state index in [1.165, 1.54) is 6.07 Å². The molecule has 0 heterocycles. The summed E-state index contributed by atoms with van der Waals surface area (Å²) in [6, 6.07) is 12.7. The molecule has 2 rings (SSSR count). The van der Waals surface area contributed by atoms with Crippen LogP contribution in [0, 0.1) is 11.6 Å². The van der Waals surface area contributed by atoms with Gasteiger partial charge in [-0.05, 0) is 23.3 Å². The van der Waals surface area contributed by atoms with Gasteiger partial charge in [-0.2, -0.15) is 0 Å². The van der Waals surface area contributed by atoms with E-state index in [0.29, 0.717) is 5.56 Å². The third kappa shape index (κ3) is 3.86. The summed E-state index contributed by atoms with van der Waals surface area (Å²) in [5.41, 5.74) is 6.96. The van der Waals surface area contributed by atoms with Gasteiger partial charge >= 0.3 is 0 Å². The maximum atomic E-state index is 13.1. The number of halogens is 2. The summed E-state index contributed by atoms with van der Waals surface area (Å²) >= 11 is 0. The van der Waals surface area contributed by atoms with Crippen molar-refractivity contribution >= 4 is 5.91 Å². The molecule has 0 saturated heterocycles. The summed E-state index contributed by atoms with van der Waals surface area (Å²) in [6.45, 7) is 0.299. The lowest BCUT2D eigenvalue weighted by Crippen LogP contribution is -2.33. The van der Waals surface area contributed by atoms with Gasteiger partial charge < -0.3 is 11.1 Å². The molecule has 0 saturated carbocycles. The Balaban J connectivity index is 2.01. The Morgan fingerprint density at radius 2 is 1.81 bits per heavy atom. The summed E-state index contributed by atoms with van der Waals surface area (Å²) in [6.07, 6.45) is 0. The molecular weight excluding hydrogens is 274 g/mol. The van der Waals surface area contributed by atoms with Crippen molar-refractivity contribution < 1.29 is 13.6 Å². The predicted octanol–water partition coefficient (Wildman–Crippen LogP) is 2.32. The Hall–Kier alpha value is -2.27. The molecule has 110 valence electrons. The molecule has 5 heteroatoms. The number of nitrogens with two attached hydrogens (primary N) is 1. The van der Waals surface area contributed by atoms with Crippen molar-refractivity contribution in [1.29, 1.82) is 0 Å². The van der Waals surface area contributed by atoms with Crippen molar-refractivity contribution in [2.24, 2.45) is 5.73 Å². The Labute approximate surface area is 121 Å². The first-order valence-electron chi connectivity index (χ1n) is 6.58. The van der Waals surface area contributed by atoms with Crippen LogP contribution in [0.4, 0.5) is 8.78 Å². The number of amides is 1. The van der Waals surface area contributed by atoms with E-state index >= 15 is 0 Å². The van der Waals surface area contributed by atoms with Crippen molar-refractivity contribution in [1.82, 2.24) is 5.32 Å². The van der Waals surface area contributed by atoms with E-state index in [1.807, 2.05) is 30.3 Å². The van der Waals surface area contributed by atoms with Crippen LogP contribution in [-0.4, -0.2) is 12.5 Å². The second-order valence-corrected chi connectivity index (χ2v) is 4.67. The Bertz CT molecular complexity index is 617. The summed E-state index contributed by atoms with van der Waals surface area (Å²) in [5, 5.41) is 2.69. The van der Waals surface area contributed by atoms with E-state index in [-0.39, 0.29) is 19.0 Å². The highest BCUT2D eigenvalue weighted by molar-refractivity contribution is 5.83. The zero-order valence-corrected chi connectivity index (χ0v) is 11.4. The van der Waals surface area contributed by atoms with Gasteiger partial charge in [-0.25, -0.2) is 8.78 Å². The summed E-state index contributed by atoms with van der Waals surface area (Å²) in [4.78, 5) is 12.1. The second-order valence-electron chi connectivity index (χ2n) is 4.67. The van der Waals surface area contributed by atoms with Gasteiger partial charge in [0, 0.05) is 13.1 Å². The molecule has 0 aliphatic rings. The highest BCUT2D eigenvalue weighted by Gasteiger charge is 2.18. The molecule has 1 unspecified atom stereocenters. The number of nitrogens with one attached hydrogen (secondary N) is 1. The molecule has 0 aromatic heterocycles. The summed E-state index contributed by atoms with van der Waals surface area (Å²) in [7, 11) is 0. The van der Waals surface area contributed by atoms with Gasteiger partial charge in [0.05, 0.1) is 5.92 Å². The molecule has 3 N–H and O–H groups in total. The van der Waals surface area contributed by atoms with Crippen molar-refractivity contribution in [3.63, 3.8) is 0 Å². The average molecular weight is 290 g/mol. The SMILES string of the molecule is NCC(C(=O)NCc1ccc(F)c(F)c1)c1ccccc1. The van der Waals surface area contributed by atoms with E-state index in [2.05, 4.69) is 5.32 Å². The van der Waals surface area contributed by atoms with Crippen molar-refractivity contribution in [3.05, 3.63) is 71.3 Å². The fourth-order valence-electron chi connectivity index (χ4n) is 2.04. The third-order valence-corrected chi connectivity index (χ3v) is 3.20. The van der Waals surface area contributed by atoms with Crippen molar-refractivity contribution in [2.45, 2.75) is 12.5 Å². The zero-order chi connectivity index (χ0) is 15.2. The quantitative estimate of drug-likeness (QED) is 0.888. The van der Waals surface area contributed by atoms with Gasteiger partial charge in [-0.3, -0.25) is 4.79 Å². The average Bonchev–Trinajstić information content (AvgIpc) is 2.50. The molecule has 3 nitrogen and oxygen atoms in total. The molecule has 0 aliphatic heterocycles. The standard InChI is InChI=1S/C16H16F2N2O/c17-14-7-6-11(8-15(14)18)10-20-16(21)13(9-19)12-4-2-1-3-5-12/h1-8,13H,9-10,19H2,(H,20,21). The van der Waals surface area contributed by atoms with Gasteiger partial charge in [0.25, 0.3) is 0 Å². The van der Waals surface area contributed by atoms with Crippen LogP contribution in [0.2, 0.25) is 0 Å². The van der Waals surface area contributed by atoms with E-state index in [1.54, 1.807) is 0 Å². The Morgan fingerprint density at radius 1 is 1.10 bits per heavy atom. The van der Waals surface area contributed by atoms with Crippen LogP contribution in [0.1, 0.15) is 17.0 Å². The van der Waals surface area contributed by atoms with Gasteiger partial charge in [0.15, 0.2) is 11.6 Å². The molecule has 21 heavy (non-hydrogen) atoms. The molecule has 0 aliphatic carbocycles. The minimum Gasteiger partial charge on any atom is -0.351 e. The minimum absolute atomic E-state index is 0.124. The highest BCUT2D eigenvalue weighted by atomic mass is 19.2. The first-order valence-corrected chi connectivity index (χ1v) is 6.58. The van der Waals surface area contributed by atoms with E-state index in [0.717, 1.165) is 17.7 Å². The first-order chi connectivity index (χ1) is 10.1. The molecule has 0 fully saturated rings. The smallest absolute Gasteiger partial charge is 0.229 e. The number of hydrogen-bond acceptors (Lipinski definition) is 2. The van der Waals surface area contributed by atoms with Gasteiger partial charge in [0.1, 0.15) is 0 Å². The highest BCUT2D eigenvalue weighted by Crippen LogP contribution is 2.15. The molecule has 1 atom stereocenters. The lowest BCUT2D eigenvalue weighted by atomic mass is 9.98. The number of hydrogen-bond donors (Lipinski definition) is 2. The molecule has 0 radical (unpaired) electrons. The lowest BCUT2D eigenvalue weighted by molar-refractivity contribution is -0.122. The van der Waals surface area contributed by atoms with E-state index in [9.17, 15) is 13.6 Å². The fraction of sp³-hybridized carbons (Fsp3) is 0.188. The number of rotatable bonds is 5. The number of carbonyl (C=O) groups is 1. The van der Waals surface area contributed by atoms with Crippen LogP contribution in [0.15, 0.2) is 48.5 Å². The van der Waals surface area contributed by atoms with Crippen LogP contribution >= 0.6 is 0 Å². The van der Waals surface area contributed by atoms with Crippen LogP contribution in [0.25, 0.3) is 0 Å². The van der Waals surface area contributed by atoms with Gasteiger partial charge in [0.2, 0.25) is 5.91 Å². The van der Waals surface area contributed by atoms with Gasteiger partial charge in [-0.15, -0.1) is 0 Å². The fourth-order valence-corrected chi connectivity index (χ4v) is 2.04.